The van der Waals surface area contributed by atoms with Gasteiger partial charge in [-0.2, -0.15) is 0 Å². The van der Waals surface area contributed by atoms with Gasteiger partial charge in [0.05, 0.1) is 11.9 Å². The first-order chi connectivity index (χ1) is 12.3. The van der Waals surface area contributed by atoms with E-state index in [2.05, 4.69) is 27.9 Å². The van der Waals surface area contributed by atoms with E-state index in [1.807, 2.05) is 36.4 Å². The minimum atomic E-state index is -3.58. The van der Waals surface area contributed by atoms with Crippen LogP contribution in [-0.4, -0.2) is 27.1 Å². The van der Waals surface area contributed by atoms with Crippen molar-refractivity contribution in [3.05, 3.63) is 70.3 Å². The lowest BCUT2D eigenvalue weighted by Crippen LogP contribution is -2.37. The van der Waals surface area contributed by atoms with Gasteiger partial charge < -0.3 is 5.32 Å². The molecule has 3 aromatic rings. The Morgan fingerprint density at radius 1 is 1.00 bits per heavy atom. The molecule has 0 spiro atoms. The van der Waals surface area contributed by atoms with E-state index in [-0.39, 0.29) is 6.54 Å². The van der Waals surface area contributed by atoms with Crippen LogP contribution in [0.2, 0.25) is 0 Å². The number of nitrogens with one attached hydrogen (secondary N) is 1. The molecule has 0 saturated heterocycles. The minimum Gasteiger partial charge on any atom is -0.324 e. The van der Waals surface area contributed by atoms with E-state index >= 15 is 0 Å². The van der Waals surface area contributed by atoms with Crippen molar-refractivity contribution in [2.75, 3.05) is 22.4 Å². The standard InChI is InChI=1S/C19H17IN2O3S/c1-26(24,25)22(18-10-7-16(20)8-11-18)13-19(23)21-17-9-6-14-4-2-3-5-15(14)12-17/h2-12H,13H2,1H3,(H,21,23). The number of benzene rings is 3. The van der Waals surface area contributed by atoms with Gasteiger partial charge in [-0.05, 0) is 69.8 Å². The Balaban J connectivity index is 1.80. The molecule has 0 heterocycles. The van der Waals surface area contributed by atoms with Crippen LogP contribution >= 0.6 is 22.6 Å². The number of carbonyl (C=O) groups is 1. The molecule has 0 unspecified atom stereocenters. The molecule has 1 N–H and O–H groups in total. The van der Waals surface area contributed by atoms with Crippen molar-refractivity contribution in [1.29, 1.82) is 0 Å². The lowest BCUT2D eigenvalue weighted by atomic mass is 10.1. The second kappa shape index (κ2) is 7.63. The number of nitrogens with zero attached hydrogens (tertiary/aromatic N) is 1. The molecule has 26 heavy (non-hydrogen) atoms. The largest absolute Gasteiger partial charge is 0.324 e. The predicted molar refractivity (Wildman–Crippen MR) is 114 cm³/mol. The summed E-state index contributed by atoms with van der Waals surface area (Å²) in [5.74, 6) is -0.399. The van der Waals surface area contributed by atoms with Gasteiger partial charge in [0.2, 0.25) is 15.9 Å². The summed E-state index contributed by atoms with van der Waals surface area (Å²) >= 11 is 2.14. The molecule has 5 nitrogen and oxygen atoms in total. The number of amides is 1. The first kappa shape index (κ1) is 18.7. The van der Waals surface area contributed by atoms with Crippen LogP contribution in [0, 0.1) is 3.57 Å². The fourth-order valence-corrected chi connectivity index (χ4v) is 3.82. The second-order valence-corrected chi connectivity index (χ2v) is 9.01. The molecule has 0 atom stereocenters. The van der Waals surface area contributed by atoms with Crippen LogP contribution in [0.4, 0.5) is 11.4 Å². The maximum atomic E-state index is 12.4. The van der Waals surface area contributed by atoms with E-state index in [9.17, 15) is 13.2 Å². The van der Waals surface area contributed by atoms with E-state index in [0.717, 1.165) is 24.9 Å². The zero-order valence-corrected chi connectivity index (χ0v) is 17.0. The summed E-state index contributed by atoms with van der Waals surface area (Å²) in [6, 6.07) is 20.4. The molecule has 134 valence electrons. The predicted octanol–water partition coefficient (Wildman–Crippen LogP) is 3.85. The van der Waals surface area contributed by atoms with E-state index in [1.54, 1.807) is 30.3 Å². The molecule has 0 aliphatic heterocycles. The second-order valence-electron chi connectivity index (χ2n) is 5.86. The molecule has 1 amide bonds. The summed E-state index contributed by atoms with van der Waals surface area (Å²) in [6.07, 6.45) is 1.09. The molecule has 0 radical (unpaired) electrons. The Labute approximate surface area is 166 Å². The first-order valence-electron chi connectivity index (χ1n) is 7.85. The maximum Gasteiger partial charge on any atom is 0.245 e. The molecule has 0 aliphatic rings. The van der Waals surface area contributed by atoms with Crippen molar-refractivity contribution in [2.45, 2.75) is 0 Å². The average Bonchev–Trinajstić information content (AvgIpc) is 2.59. The van der Waals surface area contributed by atoms with Gasteiger partial charge in [0, 0.05) is 9.26 Å². The summed E-state index contributed by atoms with van der Waals surface area (Å²) in [6.45, 7) is -0.285. The number of hydrogen-bond donors (Lipinski definition) is 1. The normalized spacial score (nSPS) is 11.3. The molecule has 7 heteroatoms. The van der Waals surface area contributed by atoms with Gasteiger partial charge in [0.25, 0.3) is 0 Å². The van der Waals surface area contributed by atoms with Crippen molar-refractivity contribution in [1.82, 2.24) is 0 Å². The molecule has 0 aliphatic carbocycles. The third kappa shape index (κ3) is 4.53. The van der Waals surface area contributed by atoms with E-state index in [1.165, 1.54) is 0 Å². The summed E-state index contributed by atoms with van der Waals surface area (Å²) in [5, 5.41) is 4.85. The third-order valence-corrected chi connectivity index (χ3v) is 5.70. The van der Waals surface area contributed by atoms with Crippen molar-refractivity contribution in [3.8, 4) is 0 Å². The van der Waals surface area contributed by atoms with Gasteiger partial charge in [0.15, 0.2) is 0 Å². The number of rotatable bonds is 5. The Hall–Kier alpha value is -2.13. The Morgan fingerprint density at radius 3 is 2.31 bits per heavy atom. The van der Waals surface area contributed by atoms with E-state index < -0.39 is 15.9 Å². The van der Waals surface area contributed by atoms with Crippen LogP contribution in [0.25, 0.3) is 10.8 Å². The summed E-state index contributed by atoms with van der Waals surface area (Å²) in [4.78, 5) is 12.4. The fraction of sp³-hybridized carbons (Fsp3) is 0.105. The van der Waals surface area contributed by atoms with Crippen LogP contribution in [0.3, 0.4) is 0 Å². The smallest absolute Gasteiger partial charge is 0.245 e. The van der Waals surface area contributed by atoms with Crippen LogP contribution in [-0.2, 0) is 14.8 Å². The average molecular weight is 480 g/mol. The van der Waals surface area contributed by atoms with Crippen LogP contribution < -0.4 is 9.62 Å². The van der Waals surface area contributed by atoms with Gasteiger partial charge in [0.1, 0.15) is 6.54 Å². The van der Waals surface area contributed by atoms with Crippen LogP contribution in [0.15, 0.2) is 66.7 Å². The molecule has 3 aromatic carbocycles. The van der Waals surface area contributed by atoms with E-state index in [4.69, 9.17) is 0 Å². The van der Waals surface area contributed by atoms with Crippen LogP contribution in [0.5, 0.6) is 0 Å². The minimum absolute atomic E-state index is 0.285. The maximum absolute atomic E-state index is 12.4. The quantitative estimate of drug-likeness (QED) is 0.565. The molecular weight excluding hydrogens is 463 g/mol. The zero-order chi connectivity index (χ0) is 18.7. The molecular formula is C19H17IN2O3S. The first-order valence-corrected chi connectivity index (χ1v) is 10.8. The topological polar surface area (TPSA) is 66.5 Å². The lowest BCUT2D eigenvalue weighted by Gasteiger charge is -2.22. The molecule has 0 saturated carbocycles. The monoisotopic (exact) mass is 480 g/mol. The third-order valence-electron chi connectivity index (χ3n) is 3.84. The lowest BCUT2D eigenvalue weighted by molar-refractivity contribution is -0.114. The number of hydrogen-bond acceptors (Lipinski definition) is 3. The van der Waals surface area contributed by atoms with Crippen molar-refractivity contribution in [2.24, 2.45) is 0 Å². The number of anilines is 2. The number of carbonyl (C=O) groups excluding carboxylic acids is 1. The van der Waals surface area contributed by atoms with E-state index in [0.29, 0.717) is 11.4 Å². The summed E-state index contributed by atoms with van der Waals surface area (Å²) in [7, 11) is -3.58. The Bertz CT molecular complexity index is 1050. The zero-order valence-electron chi connectivity index (χ0n) is 14.0. The number of fused-ring (bicyclic) bond motifs is 1. The van der Waals surface area contributed by atoms with Gasteiger partial charge >= 0.3 is 0 Å². The highest BCUT2D eigenvalue weighted by atomic mass is 127. The Kier molecular flexibility index (Phi) is 5.47. The van der Waals surface area contributed by atoms with Crippen molar-refractivity contribution >= 4 is 60.7 Å². The number of halogens is 1. The molecule has 0 fully saturated rings. The highest BCUT2D eigenvalue weighted by Gasteiger charge is 2.20. The van der Waals surface area contributed by atoms with Gasteiger partial charge in [-0.15, -0.1) is 0 Å². The highest BCUT2D eigenvalue weighted by molar-refractivity contribution is 14.1. The Morgan fingerprint density at radius 2 is 1.65 bits per heavy atom. The summed E-state index contributed by atoms with van der Waals surface area (Å²) < 4.78 is 26.3. The van der Waals surface area contributed by atoms with Crippen LogP contribution in [0.1, 0.15) is 0 Å². The molecule has 0 aromatic heterocycles. The number of sulfonamides is 1. The molecule has 0 bridgehead atoms. The fourth-order valence-electron chi connectivity index (χ4n) is 2.61. The SMILES string of the molecule is CS(=O)(=O)N(CC(=O)Nc1ccc2ccccc2c1)c1ccc(I)cc1. The van der Waals surface area contributed by atoms with Gasteiger partial charge in [-0.3, -0.25) is 9.10 Å². The summed E-state index contributed by atoms with van der Waals surface area (Å²) in [5.41, 5.74) is 1.09. The van der Waals surface area contributed by atoms with Crippen molar-refractivity contribution < 1.29 is 13.2 Å². The van der Waals surface area contributed by atoms with Gasteiger partial charge in [-0.25, -0.2) is 8.42 Å². The van der Waals surface area contributed by atoms with Gasteiger partial charge in [-0.1, -0.05) is 30.3 Å². The molecule has 3 rings (SSSR count). The highest BCUT2D eigenvalue weighted by Crippen LogP contribution is 2.21. The van der Waals surface area contributed by atoms with Crippen molar-refractivity contribution in [3.63, 3.8) is 0 Å².